The minimum Gasteiger partial charge on any atom is -0.479 e. The maximum Gasteiger partial charge on any atom is 0.337 e. The fourth-order valence-corrected chi connectivity index (χ4v) is 2.18. The summed E-state index contributed by atoms with van der Waals surface area (Å²) in [6, 6.07) is 0. The first-order valence-corrected chi connectivity index (χ1v) is 4.25. The van der Waals surface area contributed by atoms with Crippen LogP contribution in [0.2, 0.25) is 0 Å². The fourth-order valence-electron chi connectivity index (χ4n) is 1.23. The molecule has 0 aliphatic carbocycles. The van der Waals surface area contributed by atoms with Crippen molar-refractivity contribution in [2.75, 3.05) is 6.54 Å². The number of allylic oxidation sites excluding steroid dienone is 1. The van der Waals surface area contributed by atoms with Crippen LogP contribution in [0.25, 0.3) is 0 Å². The van der Waals surface area contributed by atoms with Crippen LogP contribution in [0.5, 0.6) is 0 Å². The van der Waals surface area contributed by atoms with Gasteiger partial charge in [-0.1, -0.05) is 17.8 Å². The third-order valence-corrected chi connectivity index (χ3v) is 2.83. The van der Waals surface area contributed by atoms with Crippen LogP contribution in [0.15, 0.2) is 23.3 Å². The first-order valence-electron chi connectivity index (χ1n) is 3.30. The van der Waals surface area contributed by atoms with Crippen LogP contribution >= 0.6 is 11.8 Å². The molecule has 11 heavy (non-hydrogen) atoms. The van der Waals surface area contributed by atoms with Gasteiger partial charge in [0.2, 0.25) is 0 Å². The van der Waals surface area contributed by atoms with E-state index in [0.717, 1.165) is 12.2 Å². The van der Waals surface area contributed by atoms with Crippen molar-refractivity contribution < 1.29 is 9.90 Å². The van der Waals surface area contributed by atoms with E-state index in [9.17, 15) is 4.79 Å². The average Bonchev–Trinajstić information content (AvgIpc) is 2.41. The molecule has 0 aromatic carbocycles. The van der Waals surface area contributed by atoms with Crippen molar-refractivity contribution in [1.82, 2.24) is 4.90 Å². The Bertz CT molecular complexity index is 259. The average molecular weight is 169 g/mol. The molecule has 0 aromatic rings. The molecule has 0 spiro atoms. The SMILES string of the molecule is O=C(O)C1SC=C2C=CCN21. The number of carboxylic acid groups (broad SMARTS) is 1. The van der Waals surface area contributed by atoms with E-state index < -0.39 is 11.3 Å². The van der Waals surface area contributed by atoms with Crippen LogP contribution in [-0.2, 0) is 4.79 Å². The molecule has 58 valence electrons. The molecule has 4 heteroatoms. The topological polar surface area (TPSA) is 40.5 Å². The second kappa shape index (κ2) is 2.30. The lowest BCUT2D eigenvalue weighted by Crippen LogP contribution is -2.32. The lowest BCUT2D eigenvalue weighted by molar-refractivity contribution is -0.138. The summed E-state index contributed by atoms with van der Waals surface area (Å²) in [6.45, 7) is 0.732. The predicted octanol–water partition coefficient (Wildman–Crippen LogP) is 0.857. The summed E-state index contributed by atoms with van der Waals surface area (Å²) in [5.41, 5.74) is 1.03. The predicted molar refractivity (Wildman–Crippen MR) is 42.9 cm³/mol. The van der Waals surface area contributed by atoms with Crippen molar-refractivity contribution >= 4 is 17.7 Å². The molecule has 0 bridgehead atoms. The van der Waals surface area contributed by atoms with Crippen molar-refractivity contribution in [2.45, 2.75) is 5.37 Å². The van der Waals surface area contributed by atoms with E-state index in [1.807, 2.05) is 22.5 Å². The van der Waals surface area contributed by atoms with Gasteiger partial charge in [0, 0.05) is 12.2 Å². The molecule has 0 amide bonds. The number of nitrogens with zero attached hydrogens (tertiary/aromatic N) is 1. The zero-order valence-corrected chi connectivity index (χ0v) is 6.54. The lowest BCUT2D eigenvalue weighted by atomic mass is 10.4. The molecule has 0 fully saturated rings. The Labute approximate surface area is 68.4 Å². The van der Waals surface area contributed by atoms with Crippen molar-refractivity contribution in [3.63, 3.8) is 0 Å². The Balaban J connectivity index is 2.19. The summed E-state index contributed by atoms with van der Waals surface area (Å²) in [5, 5.41) is 10.2. The first-order chi connectivity index (χ1) is 5.29. The minimum atomic E-state index is -0.759. The number of carbonyl (C=O) groups is 1. The monoisotopic (exact) mass is 169 g/mol. The number of hydrogen-bond acceptors (Lipinski definition) is 3. The fraction of sp³-hybridized carbons (Fsp3) is 0.286. The highest BCUT2D eigenvalue weighted by Crippen LogP contribution is 2.33. The molecule has 0 saturated heterocycles. The highest BCUT2D eigenvalue weighted by molar-refractivity contribution is 8.03. The number of thioether (sulfide) groups is 1. The zero-order chi connectivity index (χ0) is 7.84. The molecule has 1 atom stereocenters. The maximum atomic E-state index is 10.6. The van der Waals surface area contributed by atoms with Gasteiger partial charge in [-0.15, -0.1) is 0 Å². The van der Waals surface area contributed by atoms with Gasteiger partial charge in [-0.3, -0.25) is 0 Å². The summed E-state index contributed by atoms with van der Waals surface area (Å²) in [4.78, 5) is 12.5. The molecule has 1 unspecified atom stereocenters. The molecular weight excluding hydrogens is 162 g/mol. The van der Waals surface area contributed by atoms with Gasteiger partial charge >= 0.3 is 5.97 Å². The van der Waals surface area contributed by atoms with E-state index in [-0.39, 0.29) is 0 Å². The minimum absolute atomic E-state index is 0.403. The van der Waals surface area contributed by atoms with E-state index in [1.54, 1.807) is 0 Å². The Morgan fingerprint density at radius 3 is 3.36 bits per heavy atom. The van der Waals surface area contributed by atoms with E-state index >= 15 is 0 Å². The molecular formula is C7H7NO2S. The van der Waals surface area contributed by atoms with Crippen molar-refractivity contribution in [1.29, 1.82) is 0 Å². The summed E-state index contributed by atoms with van der Waals surface area (Å²) >= 11 is 1.36. The van der Waals surface area contributed by atoms with Gasteiger partial charge in [0.25, 0.3) is 0 Å². The highest BCUT2D eigenvalue weighted by atomic mass is 32.2. The van der Waals surface area contributed by atoms with Crippen LogP contribution in [0.1, 0.15) is 0 Å². The lowest BCUT2D eigenvalue weighted by Gasteiger charge is -2.19. The molecule has 1 N–H and O–H groups in total. The number of rotatable bonds is 1. The molecule has 0 radical (unpaired) electrons. The van der Waals surface area contributed by atoms with Crippen molar-refractivity contribution in [2.24, 2.45) is 0 Å². The van der Waals surface area contributed by atoms with Gasteiger partial charge in [-0.2, -0.15) is 0 Å². The number of hydrogen-bond donors (Lipinski definition) is 1. The van der Waals surface area contributed by atoms with E-state index in [2.05, 4.69) is 0 Å². The highest BCUT2D eigenvalue weighted by Gasteiger charge is 2.32. The number of carboxylic acids is 1. The Kier molecular flexibility index (Phi) is 1.42. The van der Waals surface area contributed by atoms with Gasteiger partial charge in [0.1, 0.15) is 0 Å². The van der Waals surface area contributed by atoms with Crippen LogP contribution < -0.4 is 0 Å². The second-order valence-corrected chi connectivity index (χ2v) is 3.38. The van der Waals surface area contributed by atoms with E-state index in [4.69, 9.17) is 5.11 Å². The Morgan fingerprint density at radius 1 is 1.82 bits per heavy atom. The summed E-state index contributed by atoms with van der Waals surface area (Å²) in [5.74, 6) is -0.759. The van der Waals surface area contributed by atoms with Gasteiger partial charge < -0.3 is 10.0 Å². The zero-order valence-electron chi connectivity index (χ0n) is 5.73. The summed E-state index contributed by atoms with van der Waals surface area (Å²) in [7, 11) is 0. The van der Waals surface area contributed by atoms with E-state index in [0.29, 0.717) is 0 Å². The molecule has 3 nitrogen and oxygen atoms in total. The third kappa shape index (κ3) is 0.939. The first kappa shape index (κ1) is 6.79. The van der Waals surface area contributed by atoms with Crippen LogP contribution in [-0.4, -0.2) is 27.9 Å². The molecule has 0 aromatic heterocycles. The standard InChI is InChI=1S/C7H7NO2S/c9-7(10)6-8-3-1-2-5(8)4-11-6/h1-2,4,6H,3H2,(H,9,10). The van der Waals surface area contributed by atoms with Crippen LogP contribution in [0.3, 0.4) is 0 Å². The quantitative estimate of drug-likeness (QED) is 0.632. The van der Waals surface area contributed by atoms with Crippen LogP contribution in [0, 0.1) is 0 Å². The Morgan fingerprint density at radius 2 is 2.64 bits per heavy atom. The maximum absolute atomic E-state index is 10.6. The smallest absolute Gasteiger partial charge is 0.337 e. The summed E-state index contributed by atoms with van der Waals surface area (Å²) < 4.78 is 0. The van der Waals surface area contributed by atoms with Gasteiger partial charge in [0.15, 0.2) is 5.37 Å². The molecule has 2 aliphatic rings. The summed E-state index contributed by atoms with van der Waals surface area (Å²) in [6.07, 6.45) is 3.93. The molecule has 0 saturated carbocycles. The normalized spacial score (nSPS) is 27.1. The van der Waals surface area contributed by atoms with Gasteiger partial charge in [-0.25, -0.2) is 4.79 Å². The largest absolute Gasteiger partial charge is 0.479 e. The Hall–Kier alpha value is -0.900. The third-order valence-electron chi connectivity index (χ3n) is 1.73. The molecule has 2 aliphatic heterocycles. The number of aliphatic carboxylic acids is 1. The van der Waals surface area contributed by atoms with Crippen molar-refractivity contribution in [3.8, 4) is 0 Å². The second-order valence-electron chi connectivity index (χ2n) is 2.42. The molecule has 2 heterocycles. The van der Waals surface area contributed by atoms with Crippen LogP contribution in [0.4, 0.5) is 0 Å². The van der Waals surface area contributed by atoms with Gasteiger partial charge in [0.05, 0.1) is 0 Å². The molecule has 2 rings (SSSR count). The van der Waals surface area contributed by atoms with Crippen molar-refractivity contribution in [3.05, 3.63) is 23.3 Å². The van der Waals surface area contributed by atoms with E-state index in [1.165, 1.54) is 11.8 Å². The number of fused-ring (bicyclic) bond motifs is 1. The van der Waals surface area contributed by atoms with Gasteiger partial charge in [-0.05, 0) is 11.5 Å².